The summed E-state index contributed by atoms with van der Waals surface area (Å²) in [7, 11) is 1.67. The van der Waals surface area contributed by atoms with Gasteiger partial charge in [0.2, 0.25) is 0 Å². The zero-order valence-electron chi connectivity index (χ0n) is 16.5. The Labute approximate surface area is 166 Å². The van der Waals surface area contributed by atoms with Crippen molar-refractivity contribution in [2.45, 2.75) is 25.6 Å². The second kappa shape index (κ2) is 10.3. The third kappa shape index (κ3) is 5.88. The number of ether oxygens (including phenoxy) is 1. The van der Waals surface area contributed by atoms with E-state index in [1.165, 1.54) is 5.56 Å². The van der Waals surface area contributed by atoms with Gasteiger partial charge in [0.25, 0.3) is 0 Å². The molecule has 0 aliphatic carbocycles. The maximum absolute atomic E-state index is 14.6. The van der Waals surface area contributed by atoms with Gasteiger partial charge < -0.3 is 9.64 Å². The topological polar surface area (TPSA) is 32.8 Å². The molecule has 150 valence electrons. The molecule has 2 aromatic rings. The number of Topliss-reactive ketones (excluding diaryl/α,β-unsaturated/α-hetero) is 1. The van der Waals surface area contributed by atoms with Crippen LogP contribution in [0.5, 0.6) is 5.75 Å². The number of halogens is 1. The summed E-state index contributed by atoms with van der Waals surface area (Å²) < 4.78 is 19.7. The SMILES string of the molecule is COc1ccc(CCN2CCN(C(F)CCC(=O)c3ccccc3)CC2)cc1. The third-order valence-electron chi connectivity index (χ3n) is 5.38. The van der Waals surface area contributed by atoms with E-state index in [1.54, 1.807) is 19.2 Å². The molecule has 0 spiro atoms. The van der Waals surface area contributed by atoms with Crippen molar-refractivity contribution in [1.82, 2.24) is 9.80 Å². The average Bonchev–Trinajstić information content (AvgIpc) is 2.77. The molecule has 0 bridgehead atoms. The van der Waals surface area contributed by atoms with Gasteiger partial charge in [-0.05, 0) is 30.5 Å². The highest BCUT2D eigenvalue weighted by Gasteiger charge is 2.24. The predicted molar refractivity (Wildman–Crippen MR) is 110 cm³/mol. The molecule has 0 N–H and O–H groups in total. The molecule has 1 aliphatic heterocycles. The maximum atomic E-state index is 14.6. The zero-order valence-corrected chi connectivity index (χ0v) is 16.5. The summed E-state index contributed by atoms with van der Waals surface area (Å²) in [5.74, 6) is 0.887. The summed E-state index contributed by atoms with van der Waals surface area (Å²) in [5, 5.41) is 0. The van der Waals surface area contributed by atoms with Crippen LogP contribution in [0.15, 0.2) is 54.6 Å². The average molecular weight is 384 g/mol. The van der Waals surface area contributed by atoms with Gasteiger partial charge in [0.05, 0.1) is 7.11 Å². The molecule has 3 rings (SSSR count). The maximum Gasteiger partial charge on any atom is 0.163 e. The van der Waals surface area contributed by atoms with Crippen molar-refractivity contribution in [3.05, 3.63) is 65.7 Å². The van der Waals surface area contributed by atoms with Gasteiger partial charge in [-0.3, -0.25) is 9.69 Å². The van der Waals surface area contributed by atoms with Gasteiger partial charge in [0.1, 0.15) is 5.75 Å². The van der Waals surface area contributed by atoms with Crippen LogP contribution < -0.4 is 4.74 Å². The Balaban J connectivity index is 1.36. The number of carbonyl (C=O) groups is 1. The van der Waals surface area contributed by atoms with Crippen LogP contribution in [0, 0.1) is 0 Å². The number of hydrogen-bond acceptors (Lipinski definition) is 4. The van der Waals surface area contributed by atoms with Gasteiger partial charge >= 0.3 is 0 Å². The van der Waals surface area contributed by atoms with Crippen LogP contribution in [0.2, 0.25) is 0 Å². The van der Waals surface area contributed by atoms with E-state index in [1.807, 2.05) is 35.2 Å². The van der Waals surface area contributed by atoms with Gasteiger partial charge in [-0.25, -0.2) is 4.39 Å². The van der Waals surface area contributed by atoms with Crippen molar-refractivity contribution in [1.29, 1.82) is 0 Å². The minimum Gasteiger partial charge on any atom is -0.497 e. The quantitative estimate of drug-likeness (QED) is 0.486. The molecule has 1 aliphatic rings. The fourth-order valence-electron chi connectivity index (χ4n) is 3.55. The number of alkyl halides is 1. The fourth-order valence-corrected chi connectivity index (χ4v) is 3.55. The van der Waals surface area contributed by atoms with Gasteiger partial charge in [0.15, 0.2) is 12.1 Å². The summed E-state index contributed by atoms with van der Waals surface area (Å²) in [6.45, 7) is 4.13. The number of rotatable bonds is 9. The highest BCUT2D eigenvalue weighted by Crippen LogP contribution is 2.16. The van der Waals surface area contributed by atoms with Crippen LogP contribution in [-0.4, -0.2) is 61.7 Å². The van der Waals surface area contributed by atoms with E-state index in [2.05, 4.69) is 17.0 Å². The normalized spacial score (nSPS) is 16.6. The van der Waals surface area contributed by atoms with E-state index in [4.69, 9.17) is 4.74 Å². The number of methoxy groups -OCH3 is 1. The van der Waals surface area contributed by atoms with Crippen LogP contribution >= 0.6 is 0 Å². The van der Waals surface area contributed by atoms with E-state index in [0.717, 1.165) is 31.8 Å². The third-order valence-corrected chi connectivity index (χ3v) is 5.38. The van der Waals surface area contributed by atoms with Crippen LogP contribution in [-0.2, 0) is 6.42 Å². The molecule has 1 saturated heterocycles. The Morgan fingerprint density at radius 1 is 1.04 bits per heavy atom. The summed E-state index contributed by atoms with van der Waals surface area (Å²) in [4.78, 5) is 16.4. The van der Waals surface area contributed by atoms with Crippen molar-refractivity contribution in [2.75, 3.05) is 39.8 Å². The highest BCUT2D eigenvalue weighted by molar-refractivity contribution is 5.95. The largest absolute Gasteiger partial charge is 0.497 e. The number of hydrogen-bond donors (Lipinski definition) is 0. The molecule has 1 atom stereocenters. The van der Waals surface area contributed by atoms with Gasteiger partial charge in [-0.15, -0.1) is 0 Å². The second-order valence-corrected chi connectivity index (χ2v) is 7.24. The first-order valence-corrected chi connectivity index (χ1v) is 9.97. The molecule has 0 radical (unpaired) electrons. The van der Waals surface area contributed by atoms with Crippen LogP contribution in [0.1, 0.15) is 28.8 Å². The lowest BCUT2D eigenvalue weighted by atomic mass is 10.1. The number of carbonyl (C=O) groups excluding carboxylic acids is 1. The minimum absolute atomic E-state index is 0.0152. The smallest absolute Gasteiger partial charge is 0.163 e. The van der Waals surface area contributed by atoms with Crippen molar-refractivity contribution < 1.29 is 13.9 Å². The number of nitrogens with zero attached hydrogens (tertiary/aromatic N) is 2. The minimum atomic E-state index is -1.04. The van der Waals surface area contributed by atoms with Gasteiger partial charge in [-0.1, -0.05) is 42.5 Å². The molecule has 4 nitrogen and oxygen atoms in total. The number of benzene rings is 2. The first-order chi connectivity index (χ1) is 13.7. The Bertz CT molecular complexity index is 728. The van der Waals surface area contributed by atoms with E-state index in [0.29, 0.717) is 18.7 Å². The molecule has 5 heteroatoms. The summed E-state index contributed by atoms with van der Waals surface area (Å²) in [6.07, 6.45) is 0.452. The molecular formula is C23H29FN2O2. The lowest BCUT2D eigenvalue weighted by molar-refractivity contribution is 0.0262. The summed E-state index contributed by atoms with van der Waals surface area (Å²) in [5.41, 5.74) is 1.95. The molecular weight excluding hydrogens is 355 g/mol. The Morgan fingerprint density at radius 3 is 2.36 bits per heavy atom. The van der Waals surface area contributed by atoms with Crippen molar-refractivity contribution in [3.63, 3.8) is 0 Å². The van der Waals surface area contributed by atoms with Gasteiger partial charge in [-0.2, -0.15) is 0 Å². The first kappa shape index (κ1) is 20.5. The van der Waals surface area contributed by atoms with Crippen LogP contribution in [0.4, 0.5) is 4.39 Å². The Morgan fingerprint density at radius 2 is 1.71 bits per heavy atom. The highest BCUT2D eigenvalue weighted by atomic mass is 19.1. The Hall–Kier alpha value is -2.24. The molecule has 0 amide bonds. The molecule has 1 heterocycles. The molecule has 1 unspecified atom stereocenters. The monoisotopic (exact) mass is 384 g/mol. The second-order valence-electron chi connectivity index (χ2n) is 7.24. The molecule has 0 aromatic heterocycles. The number of ketones is 1. The predicted octanol–water partition coefficient (Wildman–Crippen LogP) is 3.81. The molecule has 0 saturated carbocycles. The van der Waals surface area contributed by atoms with Gasteiger partial charge in [0, 0.05) is 44.7 Å². The van der Waals surface area contributed by atoms with E-state index >= 15 is 0 Å². The Kier molecular flexibility index (Phi) is 7.57. The summed E-state index contributed by atoms with van der Waals surface area (Å²) in [6, 6.07) is 17.3. The van der Waals surface area contributed by atoms with E-state index in [9.17, 15) is 9.18 Å². The van der Waals surface area contributed by atoms with Crippen LogP contribution in [0.25, 0.3) is 0 Å². The lowest BCUT2D eigenvalue weighted by Gasteiger charge is -2.36. The first-order valence-electron chi connectivity index (χ1n) is 9.97. The van der Waals surface area contributed by atoms with Crippen LogP contribution in [0.3, 0.4) is 0 Å². The van der Waals surface area contributed by atoms with E-state index in [-0.39, 0.29) is 18.6 Å². The number of piperazine rings is 1. The molecule has 28 heavy (non-hydrogen) atoms. The lowest BCUT2D eigenvalue weighted by Crippen LogP contribution is -2.49. The van der Waals surface area contributed by atoms with E-state index < -0.39 is 6.30 Å². The standard InChI is InChI=1S/C23H29FN2O2/c1-28-21-9-7-19(8-10-21)13-14-25-15-17-26(18-16-25)23(24)12-11-22(27)20-5-3-2-4-6-20/h2-10,23H,11-18H2,1H3. The zero-order chi connectivity index (χ0) is 19.8. The van der Waals surface area contributed by atoms with Crippen molar-refractivity contribution in [3.8, 4) is 5.75 Å². The molecule has 1 fully saturated rings. The summed E-state index contributed by atoms with van der Waals surface area (Å²) >= 11 is 0. The van der Waals surface area contributed by atoms with Crippen molar-refractivity contribution in [2.24, 2.45) is 0 Å². The van der Waals surface area contributed by atoms with Crippen molar-refractivity contribution >= 4 is 5.78 Å². The molecule has 2 aromatic carbocycles. The fraction of sp³-hybridized carbons (Fsp3) is 0.435.